The SMILES string of the molecule is CC(CCc1ccc(O)cc1)NCC(=O)N1CCCC1. The second-order valence-corrected chi connectivity index (χ2v) is 5.57. The summed E-state index contributed by atoms with van der Waals surface area (Å²) >= 11 is 0. The number of likely N-dealkylation sites (tertiary alicyclic amines) is 1. The van der Waals surface area contributed by atoms with Gasteiger partial charge in [0.2, 0.25) is 5.91 Å². The number of rotatable bonds is 6. The van der Waals surface area contributed by atoms with Crippen LogP contribution in [0.3, 0.4) is 0 Å². The van der Waals surface area contributed by atoms with Gasteiger partial charge in [0.25, 0.3) is 0 Å². The number of aromatic hydroxyl groups is 1. The maximum atomic E-state index is 11.9. The van der Waals surface area contributed by atoms with Crippen LogP contribution in [0.25, 0.3) is 0 Å². The van der Waals surface area contributed by atoms with Crippen LogP contribution in [0.4, 0.5) is 0 Å². The van der Waals surface area contributed by atoms with E-state index in [9.17, 15) is 9.90 Å². The fourth-order valence-corrected chi connectivity index (χ4v) is 2.49. The van der Waals surface area contributed by atoms with Gasteiger partial charge in [-0.25, -0.2) is 0 Å². The summed E-state index contributed by atoms with van der Waals surface area (Å²) in [4.78, 5) is 13.8. The first-order valence-electron chi connectivity index (χ1n) is 7.44. The fourth-order valence-electron chi connectivity index (χ4n) is 2.49. The van der Waals surface area contributed by atoms with E-state index in [0.717, 1.165) is 38.8 Å². The normalized spacial score (nSPS) is 16.4. The number of aryl methyl sites for hydroxylation is 1. The van der Waals surface area contributed by atoms with Gasteiger partial charge in [-0.1, -0.05) is 12.1 Å². The monoisotopic (exact) mass is 276 g/mol. The van der Waals surface area contributed by atoms with Crippen LogP contribution in [-0.4, -0.2) is 41.6 Å². The molecule has 4 heteroatoms. The quantitative estimate of drug-likeness (QED) is 0.834. The van der Waals surface area contributed by atoms with E-state index in [1.165, 1.54) is 5.56 Å². The highest BCUT2D eigenvalue weighted by Gasteiger charge is 2.17. The summed E-state index contributed by atoms with van der Waals surface area (Å²) in [6.07, 6.45) is 4.22. The molecule has 2 rings (SSSR count). The highest BCUT2D eigenvalue weighted by atomic mass is 16.3. The first-order chi connectivity index (χ1) is 9.65. The molecule has 1 amide bonds. The van der Waals surface area contributed by atoms with Crippen LogP contribution in [0.2, 0.25) is 0 Å². The largest absolute Gasteiger partial charge is 0.508 e. The van der Waals surface area contributed by atoms with Crippen LogP contribution in [0.15, 0.2) is 24.3 Å². The van der Waals surface area contributed by atoms with Gasteiger partial charge >= 0.3 is 0 Å². The number of benzene rings is 1. The number of amides is 1. The number of carbonyl (C=O) groups is 1. The van der Waals surface area contributed by atoms with E-state index in [0.29, 0.717) is 18.3 Å². The van der Waals surface area contributed by atoms with Crippen molar-refractivity contribution in [2.45, 2.75) is 38.6 Å². The van der Waals surface area contributed by atoms with Crippen LogP contribution in [0.1, 0.15) is 31.7 Å². The maximum absolute atomic E-state index is 11.9. The average molecular weight is 276 g/mol. The second-order valence-electron chi connectivity index (χ2n) is 5.57. The number of phenols is 1. The Bertz CT molecular complexity index is 425. The predicted molar refractivity (Wildman–Crippen MR) is 79.7 cm³/mol. The van der Waals surface area contributed by atoms with Gasteiger partial charge < -0.3 is 15.3 Å². The minimum absolute atomic E-state index is 0.221. The van der Waals surface area contributed by atoms with Gasteiger partial charge in [0.1, 0.15) is 5.75 Å². The molecule has 110 valence electrons. The number of hydrogen-bond acceptors (Lipinski definition) is 3. The van der Waals surface area contributed by atoms with Crippen LogP contribution in [-0.2, 0) is 11.2 Å². The van der Waals surface area contributed by atoms with Crippen molar-refractivity contribution in [3.8, 4) is 5.75 Å². The lowest BCUT2D eigenvalue weighted by Gasteiger charge is -2.18. The van der Waals surface area contributed by atoms with Crippen molar-refractivity contribution in [3.63, 3.8) is 0 Å². The molecule has 0 bridgehead atoms. The molecule has 1 unspecified atom stereocenters. The molecule has 1 aliphatic heterocycles. The highest BCUT2D eigenvalue weighted by molar-refractivity contribution is 5.78. The molecule has 0 spiro atoms. The molecule has 2 N–H and O–H groups in total. The van der Waals surface area contributed by atoms with Gasteiger partial charge in [-0.2, -0.15) is 0 Å². The predicted octanol–water partition coefficient (Wildman–Crippen LogP) is 1.93. The van der Waals surface area contributed by atoms with E-state index >= 15 is 0 Å². The summed E-state index contributed by atoms with van der Waals surface area (Å²) in [6, 6.07) is 7.62. The molecule has 20 heavy (non-hydrogen) atoms. The van der Waals surface area contributed by atoms with Crippen LogP contribution < -0.4 is 5.32 Å². The second kappa shape index (κ2) is 7.29. The van der Waals surface area contributed by atoms with Crippen molar-refractivity contribution < 1.29 is 9.90 Å². The molecule has 1 saturated heterocycles. The van der Waals surface area contributed by atoms with Crippen molar-refractivity contribution in [1.82, 2.24) is 10.2 Å². The van der Waals surface area contributed by atoms with Crippen LogP contribution in [0, 0.1) is 0 Å². The first kappa shape index (κ1) is 14.9. The lowest BCUT2D eigenvalue weighted by atomic mass is 10.1. The van der Waals surface area contributed by atoms with Crippen molar-refractivity contribution in [2.75, 3.05) is 19.6 Å². The fraction of sp³-hybridized carbons (Fsp3) is 0.562. The number of hydrogen-bond donors (Lipinski definition) is 2. The third-order valence-corrected chi connectivity index (χ3v) is 3.86. The van der Waals surface area contributed by atoms with Gasteiger partial charge in [-0.15, -0.1) is 0 Å². The number of nitrogens with one attached hydrogen (secondary N) is 1. The third kappa shape index (κ3) is 4.53. The standard InChI is InChI=1S/C16H24N2O2/c1-13(4-5-14-6-8-15(19)9-7-14)17-12-16(20)18-10-2-3-11-18/h6-9,13,17,19H,2-5,10-12H2,1H3. The molecule has 0 aromatic heterocycles. The Labute approximate surface area is 120 Å². The molecule has 0 radical (unpaired) electrons. The maximum Gasteiger partial charge on any atom is 0.236 e. The van der Waals surface area contributed by atoms with Crippen LogP contribution in [0.5, 0.6) is 5.75 Å². The Morgan fingerprint density at radius 3 is 2.60 bits per heavy atom. The van der Waals surface area contributed by atoms with Gasteiger partial charge in [-0.05, 0) is 50.3 Å². The minimum atomic E-state index is 0.221. The van der Waals surface area contributed by atoms with E-state index < -0.39 is 0 Å². The zero-order valence-corrected chi connectivity index (χ0v) is 12.1. The summed E-state index contributed by atoms with van der Waals surface area (Å²) in [5.74, 6) is 0.523. The van der Waals surface area contributed by atoms with Gasteiger partial charge in [0.15, 0.2) is 0 Å². The van der Waals surface area contributed by atoms with Gasteiger partial charge in [0.05, 0.1) is 6.54 Å². The Morgan fingerprint density at radius 1 is 1.30 bits per heavy atom. The van der Waals surface area contributed by atoms with Crippen molar-refractivity contribution in [1.29, 1.82) is 0 Å². The van der Waals surface area contributed by atoms with Gasteiger partial charge in [0, 0.05) is 19.1 Å². The average Bonchev–Trinajstić information content (AvgIpc) is 2.98. The van der Waals surface area contributed by atoms with Crippen molar-refractivity contribution >= 4 is 5.91 Å². The molecule has 1 atom stereocenters. The van der Waals surface area contributed by atoms with Crippen molar-refractivity contribution in [2.24, 2.45) is 0 Å². The van der Waals surface area contributed by atoms with Crippen molar-refractivity contribution in [3.05, 3.63) is 29.8 Å². The Balaban J connectivity index is 1.66. The Hall–Kier alpha value is -1.55. The summed E-state index contributed by atoms with van der Waals surface area (Å²) in [7, 11) is 0. The molecule has 1 heterocycles. The molecule has 0 aliphatic carbocycles. The molecule has 4 nitrogen and oxygen atoms in total. The zero-order valence-electron chi connectivity index (χ0n) is 12.1. The molecule has 0 saturated carbocycles. The molecular formula is C16H24N2O2. The molecule has 1 aliphatic rings. The smallest absolute Gasteiger partial charge is 0.236 e. The lowest BCUT2D eigenvalue weighted by molar-refractivity contribution is -0.129. The van der Waals surface area contributed by atoms with E-state index in [4.69, 9.17) is 0 Å². The number of nitrogens with zero attached hydrogens (tertiary/aromatic N) is 1. The zero-order chi connectivity index (χ0) is 14.4. The summed E-state index contributed by atoms with van der Waals surface area (Å²) < 4.78 is 0. The first-order valence-corrected chi connectivity index (χ1v) is 7.44. The van der Waals surface area contributed by atoms with Gasteiger partial charge in [-0.3, -0.25) is 4.79 Å². The van der Waals surface area contributed by atoms with E-state index in [1.807, 2.05) is 17.0 Å². The third-order valence-electron chi connectivity index (χ3n) is 3.86. The summed E-state index contributed by atoms with van der Waals surface area (Å²) in [6.45, 7) is 4.39. The van der Waals surface area contributed by atoms with E-state index in [-0.39, 0.29) is 5.91 Å². The topological polar surface area (TPSA) is 52.6 Å². The summed E-state index contributed by atoms with van der Waals surface area (Å²) in [5.41, 5.74) is 1.21. The highest BCUT2D eigenvalue weighted by Crippen LogP contribution is 2.12. The lowest BCUT2D eigenvalue weighted by Crippen LogP contribution is -2.39. The Morgan fingerprint density at radius 2 is 1.95 bits per heavy atom. The number of carbonyl (C=O) groups excluding carboxylic acids is 1. The number of phenolic OH excluding ortho intramolecular Hbond substituents is 1. The molecule has 1 aromatic rings. The molecule has 1 fully saturated rings. The van der Waals surface area contributed by atoms with E-state index in [1.54, 1.807) is 12.1 Å². The molecular weight excluding hydrogens is 252 g/mol. The minimum Gasteiger partial charge on any atom is -0.508 e. The molecule has 1 aromatic carbocycles. The summed E-state index contributed by atoms with van der Waals surface area (Å²) in [5, 5.41) is 12.5. The Kier molecular flexibility index (Phi) is 5.41. The van der Waals surface area contributed by atoms with E-state index in [2.05, 4.69) is 12.2 Å². The van der Waals surface area contributed by atoms with Crippen LogP contribution >= 0.6 is 0 Å².